The molecule has 0 saturated heterocycles. The summed E-state index contributed by atoms with van der Waals surface area (Å²) < 4.78 is 54.9. The van der Waals surface area contributed by atoms with Crippen LogP contribution in [0.5, 0.6) is 0 Å². The van der Waals surface area contributed by atoms with Gasteiger partial charge in [0.05, 0.1) is 15.9 Å². The summed E-state index contributed by atoms with van der Waals surface area (Å²) in [5.41, 5.74) is -2.38. The predicted molar refractivity (Wildman–Crippen MR) is 96.8 cm³/mol. The summed E-state index contributed by atoms with van der Waals surface area (Å²) in [5.74, 6) is -0.874. The van der Waals surface area contributed by atoms with Crippen LogP contribution >= 0.6 is 23.6 Å². The Labute approximate surface area is 158 Å². The molecule has 1 N–H and O–H groups in total. The van der Waals surface area contributed by atoms with Gasteiger partial charge >= 0.3 is 11.0 Å². The molecular formula is C16H13F4N3O2S2. The summed E-state index contributed by atoms with van der Waals surface area (Å²) in [7, 11) is 0. The van der Waals surface area contributed by atoms with Crippen LogP contribution in [0.1, 0.15) is 32.0 Å². The minimum absolute atomic E-state index is 0.177. The number of hydrogen-bond acceptors (Lipinski definition) is 4. The lowest BCUT2D eigenvalue weighted by atomic mass is 10.2. The number of aromatic nitrogens is 3. The Morgan fingerprint density at radius 3 is 2.48 bits per heavy atom. The van der Waals surface area contributed by atoms with Gasteiger partial charge in [0.15, 0.2) is 4.77 Å². The number of thiazole rings is 1. The molecule has 0 radical (unpaired) electrons. The van der Waals surface area contributed by atoms with E-state index in [4.69, 9.17) is 12.2 Å². The first-order chi connectivity index (χ1) is 12.5. The van der Waals surface area contributed by atoms with Crippen LogP contribution in [-0.4, -0.2) is 14.1 Å². The van der Waals surface area contributed by atoms with Crippen molar-refractivity contribution in [2.45, 2.75) is 32.5 Å². The van der Waals surface area contributed by atoms with Crippen LogP contribution in [0.15, 0.2) is 27.8 Å². The predicted octanol–water partition coefficient (Wildman–Crippen LogP) is 4.40. The number of halogens is 4. The maximum Gasteiger partial charge on any atom is 0.431 e. The highest BCUT2D eigenvalue weighted by Crippen LogP contribution is 2.28. The highest BCUT2D eigenvalue weighted by Gasteiger charge is 2.32. The van der Waals surface area contributed by atoms with E-state index in [1.807, 2.05) is 18.8 Å². The highest BCUT2D eigenvalue weighted by molar-refractivity contribution is 7.71. The molecule has 11 heteroatoms. The molecule has 3 rings (SSSR count). The SMILES string of the molecule is CCC(C)n1c(=O)sc2cc(F)c(-n3c(=O)cc(C(F)(F)F)[nH]c3=S)cc21. The zero-order chi connectivity index (χ0) is 20.1. The molecule has 0 fully saturated rings. The summed E-state index contributed by atoms with van der Waals surface area (Å²) in [4.78, 5) is 26.1. The fourth-order valence-corrected chi connectivity index (χ4v) is 3.98. The molecule has 144 valence electrons. The van der Waals surface area contributed by atoms with Crippen molar-refractivity contribution in [1.29, 1.82) is 0 Å². The molecule has 0 bridgehead atoms. The molecule has 5 nitrogen and oxygen atoms in total. The Balaban J connectivity index is 2.33. The quantitative estimate of drug-likeness (QED) is 0.506. The first-order valence-corrected chi connectivity index (χ1v) is 9.05. The number of rotatable bonds is 3. The molecular weight excluding hydrogens is 406 g/mol. The molecule has 0 aliphatic carbocycles. The van der Waals surface area contributed by atoms with Crippen LogP contribution in [-0.2, 0) is 6.18 Å². The van der Waals surface area contributed by atoms with E-state index in [2.05, 4.69) is 0 Å². The molecule has 1 atom stereocenters. The summed E-state index contributed by atoms with van der Waals surface area (Å²) in [5, 5.41) is 0. The summed E-state index contributed by atoms with van der Waals surface area (Å²) >= 11 is 5.70. The van der Waals surface area contributed by atoms with Crippen molar-refractivity contribution < 1.29 is 17.6 Å². The summed E-state index contributed by atoms with van der Waals surface area (Å²) in [6.07, 6.45) is -4.16. The van der Waals surface area contributed by atoms with Gasteiger partial charge in [0.25, 0.3) is 5.56 Å². The second-order valence-electron chi connectivity index (χ2n) is 5.93. The van der Waals surface area contributed by atoms with Crippen molar-refractivity contribution in [3.05, 3.63) is 54.5 Å². The van der Waals surface area contributed by atoms with E-state index in [1.54, 1.807) is 0 Å². The van der Waals surface area contributed by atoms with E-state index < -0.39 is 28.0 Å². The van der Waals surface area contributed by atoms with Gasteiger partial charge in [0.2, 0.25) is 0 Å². The van der Waals surface area contributed by atoms with E-state index >= 15 is 0 Å². The second kappa shape index (κ2) is 6.71. The van der Waals surface area contributed by atoms with Gasteiger partial charge < -0.3 is 4.98 Å². The number of benzene rings is 1. The van der Waals surface area contributed by atoms with E-state index in [1.165, 1.54) is 10.6 Å². The maximum atomic E-state index is 14.6. The highest BCUT2D eigenvalue weighted by atomic mass is 32.1. The maximum absolute atomic E-state index is 14.6. The topological polar surface area (TPSA) is 59.8 Å². The van der Waals surface area contributed by atoms with Crippen molar-refractivity contribution in [3.63, 3.8) is 0 Å². The third kappa shape index (κ3) is 3.36. The van der Waals surface area contributed by atoms with Crippen LogP contribution in [0.4, 0.5) is 17.6 Å². The molecule has 0 aliphatic rings. The zero-order valence-electron chi connectivity index (χ0n) is 14.1. The van der Waals surface area contributed by atoms with E-state index in [0.29, 0.717) is 27.3 Å². The van der Waals surface area contributed by atoms with Gasteiger partial charge in [-0.15, -0.1) is 0 Å². The van der Waals surface area contributed by atoms with Crippen LogP contribution in [0, 0.1) is 10.6 Å². The number of nitrogens with zero attached hydrogens (tertiary/aromatic N) is 2. The minimum atomic E-state index is -4.79. The lowest BCUT2D eigenvalue weighted by Crippen LogP contribution is -2.24. The molecule has 2 heterocycles. The molecule has 2 aromatic heterocycles. The number of alkyl halides is 3. The Hall–Kier alpha value is -2.27. The Bertz CT molecular complexity index is 1170. The molecule has 3 aromatic rings. The van der Waals surface area contributed by atoms with Gasteiger partial charge in [-0.3, -0.25) is 18.7 Å². The number of fused-ring (bicyclic) bond motifs is 1. The average molecular weight is 419 g/mol. The summed E-state index contributed by atoms with van der Waals surface area (Å²) in [6, 6.07) is 2.47. The number of nitrogens with one attached hydrogen (secondary N) is 1. The van der Waals surface area contributed by atoms with Crippen molar-refractivity contribution in [1.82, 2.24) is 14.1 Å². The standard InChI is InChI=1S/C16H13F4N3O2S2/c1-3-7(2)22-10-5-9(8(17)4-11(10)27-15(22)25)23-13(24)6-12(16(18,19)20)21-14(23)26/h4-7H,3H2,1-2H3,(H,21,26). The third-order valence-corrected chi connectivity index (χ3v) is 5.40. The second-order valence-corrected chi connectivity index (χ2v) is 7.31. The van der Waals surface area contributed by atoms with Gasteiger partial charge in [-0.05, 0) is 37.7 Å². The largest absolute Gasteiger partial charge is 0.431 e. The number of H-pyrrole nitrogens is 1. The van der Waals surface area contributed by atoms with Gasteiger partial charge in [0.1, 0.15) is 11.5 Å². The van der Waals surface area contributed by atoms with E-state index in [-0.39, 0.29) is 16.6 Å². The minimum Gasteiger partial charge on any atom is -0.328 e. The fraction of sp³-hybridized carbons (Fsp3) is 0.312. The van der Waals surface area contributed by atoms with Crippen molar-refractivity contribution in [2.24, 2.45) is 0 Å². The smallest absolute Gasteiger partial charge is 0.328 e. The van der Waals surface area contributed by atoms with Crippen molar-refractivity contribution in [2.75, 3.05) is 0 Å². The Kier molecular flexibility index (Phi) is 4.85. The van der Waals surface area contributed by atoms with Crippen LogP contribution in [0.25, 0.3) is 15.9 Å². The van der Waals surface area contributed by atoms with Gasteiger partial charge in [-0.1, -0.05) is 18.3 Å². The van der Waals surface area contributed by atoms with Crippen LogP contribution in [0.2, 0.25) is 0 Å². The molecule has 1 aromatic carbocycles. The summed E-state index contributed by atoms with van der Waals surface area (Å²) in [6.45, 7) is 3.69. The molecule has 0 spiro atoms. The van der Waals surface area contributed by atoms with Crippen LogP contribution < -0.4 is 10.4 Å². The first kappa shape index (κ1) is 19.5. The normalized spacial score (nSPS) is 13.3. The first-order valence-electron chi connectivity index (χ1n) is 7.83. The third-order valence-electron chi connectivity index (χ3n) is 4.19. The van der Waals surface area contributed by atoms with Crippen molar-refractivity contribution in [3.8, 4) is 5.69 Å². The fourth-order valence-electron chi connectivity index (χ4n) is 2.69. The monoisotopic (exact) mass is 419 g/mol. The molecule has 0 saturated carbocycles. The van der Waals surface area contributed by atoms with Crippen LogP contribution in [0.3, 0.4) is 0 Å². The van der Waals surface area contributed by atoms with Gasteiger partial charge in [-0.2, -0.15) is 13.2 Å². The number of hydrogen-bond donors (Lipinski definition) is 1. The molecule has 0 aliphatic heterocycles. The molecule has 0 amide bonds. The van der Waals surface area contributed by atoms with E-state index in [9.17, 15) is 27.2 Å². The molecule has 1 unspecified atom stereocenters. The lowest BCUT2D eigenvalue weighted by Gasteiger charge is -2.14. The van der Waals surface area contributed by atoms with Gasteiger partial charge in [-0.25, -0.2) is 4.39 Å². The Morgan fingerprint density at radius 2 is 1.93 bits per heavy atom. The van der Waals surface area contributed by atoms with E-state index in [0.717, 1.165) is 17.4 Å². The lowest BCUT2D eigenvalue weighted by molar-refractivity contribution is -0.141. The molecule has 27 heavy (non-hydrogen) atoms. The average Bonchev–Trinajstić information content (AvgIpc) is 2.87. The number of aromatic amines is 1. The Morgan fingerprint density at radius 1 is 1.26 bits per heavy atom. The van der Waals surface area contributed by atoms with Gasteiger partial charge in [0, 0.05) is 12.1 Å². The zero-order valence-corrected chi connectivity index (χ0v) is 15.7. The van der Waals surface area contributed by atoms with Crippen molar-refractivity contribution >= 4 is 33.8 Å².